The summed E-state index contributed by atoms with van der Waals surface area (Å²) in [6, 6.07) is 9.01. The molecule has 0 aliphatic carbocycles. The summed E-state index contributed by atoms with van der Waals surface area (Å²) >= 11 is 0. The maximum absolute atomic E-state index is 12.3. The van der Waals surface area contributed by atoms with E-state index in [0.29, 0.717) is 17.9 Å². The van der Waals surface area contributed by atoms with Crippen LogP contribution in [0, 0.1) is 0 Å². The average molecular weight is 422 g/mol. The standard InChI is InChI=1S/C19H22N2O7S/c1-5-27-15-6-8-16(9-7-15)29(23,24)21-20-12-14-10-17(25-3)19(28-13(2)22)18(11-14)26-4/h6-12,21H,5H2,1-4H3/b20-12+. The molecule has 0 heterocycles. The zero-order valence-electron chi connectivity index (χ0n) is 16.5. The highest BCUT2D eigenvalue weighted by Gasteiger charge is 2.16. The molecular weight excluding hydrogens is 400 g/mol. The van der Waals surface area contributed by atoms with Gasteiger partial charge in [-0.2, -0.15) is 13.5 Å². The zero-order valence-corrected chi connectivity index (χ0v) is 17.3. The Balaban J connectivity index is 2.21. The normalized spacial score (nSPS) is 11.2. The Bertz CT molecular complexity index is 961. The van der Waals surface area contributed by atoms with Crippen LogP contribution in [-0.2, 0) is 14.8 Å². The number of nitrogens with zero attached hydrogens (tertiary/aromatic N) is 1. The molecule has 0 saturated heterocycles. The van der Waals surface area contributed by atoms with E-state index in [1.54, 1.807) is 12.1 Å². The molecule has 0 saturated carbocycles. The third-order valence-corrected chi connectivity index (χ3v) is 4.80. The van der Waals surface area contributed by atoms with Gasteiger partial charge in [-0.05, 0) is 43.3 Å². The fraction of sp³-hybridized carbons (Fsp3) is 0.263. The summed E-state index contributed by atoms with van der Waals surface area (Å²) in [6.45, 7) is 3.57. The molecular formula is C19H22N2O7S. The van der Waals surface area contributed by atoms with Crippen LogP contribution in [0.2, 0.25) is 0 Å². The fourth-order valence-corrected chi connectivity index (χ4v) is 3.11. The SMILES string of the molecule is CCOc1ccc(S(=O)(=O)N/N=C/c2cc(OC)c(OC(C)=O)c(OC)c2)cc1. The molecule has 10 heteroatoms. The van der Waals surface area contributed by atoms with Gasteiger partial charge >= 0.3 is 5.97 Å². The van der Waals surface area contributed by atoms with Crippen LogP contribution in [0.5, 0.6) is 23.0 Å². The molecule has 0 aliphatic rings. The van der Waals surface area contributed by atoms with E-state index in [1.165, 1.54) is 51.6 Å². The number of carbonyl (C=O) groups is 1. The number of hydrogen-bond acceptors (Lipinski definition) is 8. The molecule has 0 atom stereocenters. The zero-order chi connectivity index (χ0) is 21.4. The van der Waals surface area contributed by atoms with Gasteiger partial charge in [0.25, 0.3) is 10.0 Å². The topological polar surface area (TPSA) is 113 Å². The van der Waals surface area contributed by atoms with Crippen molar-refractivity contribution in [1.82, 2.24) is 4.83 Å². The second kappa shape index (κ2) is 9.78. The molecule has 0 spiro atoms. The van der Waals surface area contributed by atoms with Crippen molar-refractivity contribution in [3.63, 3.8) is 0 Å². The predicted octanol–water partition coefficient (Wildman–Crippen LogP) is 2.34. The van der Waals surface area contributed by atoms with Gasteiger partial charge in [0, 0.05) is 12.5 Å². The number of rotatable bonds is 9. The lowest BCUT2D eigenvalue weighted by molar-refractivity contribution is -0.132. The molecule has 0 fully saturated rings. The van der Waals surface area contributed by atoms with Crippen LogP contribution in [0.15, 0.2) is 46.4 Å². The number of ether oxygens (including phenoxy) is 4. The molecule has 1 N–H and O–H groups in total. The summed E-state index contributed by atoms with van der Waals surface area (Å²) in [6.07, 6.45) is 1.27. The monoisotopic (exact) mass is 422 g/mol. The van der Waals surface area contributed by atoms with Crippen molar-refractivity contribution in [3.8, 4) is 23.0 Å². The second-order valence-electron chi connectivity index (χ2n) is 5.61. The third-order valence-electron chi connectivity index (χ3n) is 3.56. The van der Waals surface area contributed by atoms with Crippen LogP contribution in [0.25, 0.3) is 0 Å². The Hall–Kier alpha value is -3.27. The lowest BCUT2D eigenvalue weighted by Crippen LogP contribution is -2.18. The van der Waals surface area contributed by atoms with Gasteiger partial charge in [-0.1, -0.05) is 0 Å². The Morgan fingerprint density at radius 2 is 1.69 bits per heavy atom. The van der Waals surface area contributed by atoms with Gasteiger partial charge in [0.1, 0.15) is 5.75 Å². The van der Waals surface area contributed by atoms with Crippen LogP contribution in [0.1, 0.15) is 19.4 Å². The first kappa shape index (κ1) is 22.0. The summed E-state index contributed by atoms with van der Waals surface area (Å²) in [7, 11) is -1.05. The molecule has 0 aliphatic heterocycles. The largest absolute Gasteiger partial charge is 0.494 e. The van der Waals surface area contributed by atoms with Crippen LogP contribution in [-0.4, -0.2) is 41.4 Å². The summed E-state index contributed by atoms with van der Waals surface area (Å²) in [5.74, 6) is 0.619. The highest BCUT2D eigenvalue weighted by molar-refractivity contribution is 7.89. The van der Waals surface area contributed by atoms with Crippen LogP contribution in [0.4, 0.5) is 0 Å². The van der Waals surface area contributed by atoms with E-state index >= 15 is 0 Å². The van der Waals surface area contributed by atoms with E-state index in [1.807, 2.05) is 6.92 Å². The Kier molecular flexibility index (Phi) is 7.43. The fourth-order valence-electron chi connectivity index (χ4n) is 2.32. The molecule has 29 heavy (non-hydrogen) atoms. The van der Waals surface area contributed by atoms with E-state index in [0.717, 1.165) is 0 Å². The number of methoxy groups -OCH3 is 2. The smallest absolute Gasteiger partial charge is 0.308 e. The van der Waals surface area contributed by atoms with Crippen LogP contribution in [0.3, 0.4) is 0 Å². The van der Waals surface area contributed by atoms with Gasteiger partial charge in [-0.25, -0.2) is 4.83 Å². The number of carbonyl (C=O) groups excluding carboxylic acids is 1. The summed E-state index contributed by atoms with van der Waals surface area (Å²) < 4.78 is 45.5. The lowest BCUT2D eigenvalue weighted by atomic mass is 10.2. The molecule has 0 radical (unpaired) electrons. The minimum Gasteiger partial charge on any atom is -0.494 e. The molecule has 156 valence electrons. The van der Waals surface area contributed by atoms with Gasteiger partial charge in [0.05, 0.1) is 31.9 Å². The van der Waals surface area contributed by atoms with E-state index in [2.05, 4.69) is 9.93 Å². The molecule has 0 amide bonds. The molecule has 9 nitrogen and oxygen atoms in total. The predicted molar refractivity (Wildman–Crippen MR) is 106 cm³/mol. The van der Waals surface area contributed by atoms with Crippen molar-refractivity contribution in [3.05, 3.63) is 42.0 Å². The van der Waals surface area contributed by atoms with Crippen molar-refractivity contribution < 1.29 is 32.2 Å². The quantitative estimate of drug-likeness (QED) is 0.286. The Labute approximate surface area is 169 Å². The van der Waals surface area contributed by atoms with Crippen molar-refractivity contribution in [1.29, 1.82) is 0 Å². The molecule has 2 aromatic rings. The first-order valence-corrected chi connectivity index (χ1v) is 10.0. The van der Waals surface area contributed by atoms with Crippen LogP contribution >= 0.6 is 0 Å². The summed E-state index contributed by atoms with van der Waals surface area (Å²) in [4.78, 5) is 13.4. The third kappa shape index (κ3) is 5.85. The maximum atomic E-state index is 12.3. The van der Waals surface area contributed by atoms with Crippen molar-refractivity contribution in [2.75, 3.05) is 20.8 Å². The van der Waals surface area contributed by atoms with Crippen molar-refractivity contribution >= 4 is 22.2 Å². The van der Waals surface area contributed by atoms with Gasteiger partial charge in [0.15, 0.2) is 11.5 Å². The highest BCUT2D eigenvalue weighted by Crippen LogP contribution is 2.38. The summed E-state index contributed by atoms with van der Waals surface area (Å²) in [5, 5.41) is 3.78. The van der Waals surface area contributed by atoms with Crippen LogP contribution < -0.4 is 23.8 Å². The van der Waals surface area contributed by atoms with E-state index in [9.17, 15) is 13.2 Å². The Morgan fingerprint density at radius 1 is 1.10 bits per heavy atom. The first-order valence-electron chi connectivity index (χ1n) is 8.53. The number of hydrogen-bond donors (Lipinski definition) is 1. The maximum Gasteiger partial charge on any atom is 0.308 e. The summed E-state index contributed by atoms with van der Waals surface area (Å²) in [5.41, 5.74) is 0.462. The van der Waals surface area contributed by atoms with Gasteiger partial charge < -0.3 is 18.9 Å². The first-order chi connectivity index (χ1) is 13.8. The van der Waals surface area contributed by atoms with Gasteiger partial charge in [-0.15, -0.1) is 0 Å². The molecule has 0 bridgehead atoms. The number of nitrogens with one attached hydrogen (secondary N) is 1. The molecule has 0 unspecified atom stereocenters. The lowest BCUT2D eigenvalue weighted by Gasteiger charge is -2.13. The average Bonchev–Trinajstić information content (AvgIpc) is 2.69. The minimum atomic E-state index is -3.85. The van der Waals surface area contributed by atoms with E-state index in [-0.39, 0.29) is 22.1 Å². The number of esters is 1. The van der Waals surface area contributed by atoms with E-state index < -0.39 is 16.0 Å². The van der Waals surface area contributed by atoms with Gasteiger partial charge in [-0.3, -0.25) is 4.79 Å². The molecule has 2 aromatic carbocycles. The van der Waals surface area contributed by atoms with E-state index in [4.69, 9.17) is 18.9 Å². The molecule has 2 rings (SSSR count). The minimum absolute atomic E-state index is 0.0403. The second-order valence-corrected chi connectivity index (χ2v) is 7.27. The van der Waals surface area contributed by atoms with Crippen molar-refractivity contribution in [2.24, 2.45) is 5.10 Å². The van der Waals surface area contributed by atoms with Gasteiger partial charge in [0.2, 0.25) is 5.75 Å². The number of hydrazone groups is 1. The highest BCUT2D eigenvalue weighted by atomic mass is 32.2. The number of sulfonamides is 1. The molecule has 0 aromatic heterocycles. The number of benzene rings is 2. The Morgan fingerprint density at radius 3 is 2.17 bits per heavy atom. The van der Waals surface area contributed by atoms with Crippen molar-refractivity contribution in [2.45, 2.75) is 18.7 Å².